The van der Waals surface area contributed by atoms with Crippen LogP contribution in [0.2, 0.25) is 0 Å². The number of carbonyl (C=O) groups excluding carboxylic acids is 2. The van der Waals surface area contributed by atoms with Crippen LogP contribution >= 0.6 is 0 Å². The number of alkyl halides is 3. The first-order chi connectivity index (χ1) is 19.6. The van der Waals surface area contributed by atoms with Crippen molar-refractivity contribution in [3.05, 3.63) is 125 Å². The number of aliphatic hydroxyl groups is 1. The number of ether oxygens (including phenoxy) is 2. The van der Waals surface area contributed by atoms with E-state index in [1.165, 1.54) is 24.5 Å². The van der Waals surface area contributed by atoms with Crippen LogP contribution in [0.15, 0.2) is 103 Å². The third kappa shape index (κ3) is 5.91. The molecule has 1 aliphatic heterocycles. The van der Waals surface area contributed by atoms with E-state index in [9.17, 15) is 27.9 Å². The smallest absolute Gasteiger partial charge is 0.507 e. The Labute approximate surface area is 233 Å². The number of benzene rings is 3. The molecule has 0 aliphatic carbocycles. The van der Waals surface area contributed by atoms with Crippen molar-refractivity contribution in [3.63, 3.8) is 0 Å². The number of ketones is 1. The molecule has 1 saturated heterocycles. The summed E-state index contributed by atoms with van der Waals surface area (Å²) in [5.74, 6) is -2.22. The van der Waals surface area contributed by atoms with E-state index in [2.05, 4.69) is 9.72 Å². The first-order valence-corrected chi connectivity index (χ1v) is 12.5. The Morgan fingerprint density at radius 3 is 2.34 bits per heavy atom. The second-order valence-corrected chi connectivity index (χ2v) is 9.25. The fourth-order valence-electron chi connectivity index (χ4n) is 4.61. The number of Topliss-reactive ketones (excluding diaryl/α,β-unsaturated/α-hetero) is 1. The van der Waals surface area contributed by atoms with Crippen LogP contribution in [-0.2, 0) is 16.2 Å². The van der Waals surface area contributed by atoms with Crippen molar-refractivity contribution >= 4 is 23.1 Å². The van der Waals surface area contributed by atoms with Crippen molar-refractivity contribution in [1.82, 2.24) is 4.98 Å². The number of hydrogen-bond donors (Lipinski definition) is 1. The van der Waals surface area contributed by atoms with Gasteiger partial charge in [0.1, 0.15) is 23.9 Å². The molecular weight excluding hydrogens is 537 g/mol. The second-order valence-electron chi connectivity index (χ2n) is 9.25. The monoisotopic (exact) mass is 560 g/mol. The predicted octanol–water partition coefficient (Wildman–Crippen LogP) is 6.49. The van der Waals surface area contributed by atoms with E-state index >= 15 is 0 Å². The Bertz CT molecular complexity index is 1600. The Balaban J connectivity index is 1.51. The molecule has 0 saturated carbocycles. The number of aromatic nitrogens is 1. The molecule has 2 heterocycles. The molecule has 5 rings (SSSR count). The highest BCUT2D eigenvalue weighted by atomic mass is 19.4. The van der Waals surface area contributed by atoms with Gasteiger partial charge in [-0.05, 0) is 72.1 Å². The lowest BCUT2D eigenvalue weighted by Crippen LogP contribution is -2.29. The molecule has 4 aromatic rings. The second kappa shape index (κ2) is 11.2. The quantitative estimate of drug-likeness (QED) is 0.158. The van der Waals surface area contributed by atoms with Crippen molar-refractivity contribution in [3.8, 4) is 11.5 Å². The molecule has 0 bridgehead atoms. The Hall–Kier alpha value is -5.12. The van der Waals surface area contributed by atoms with Gasteiger partial charge in [-0.2, -0.15) is 0 Å². The van der Waals surface area contributed by atoms with Crippen molar-refractivity contribution in [2.75, 3.05) is 4.90 Å². The van der Waals surface area contributed by atoms with Gasteiger partial charge in [0.15, 0.2) is 0 Å². The summed E-state index contributed by atoms with van der Waals surface area (Å²) in [7, 11) is 0. The average Bonchev–Trinajstić information content (AvgIpc) is 3.22. The van der Waals surface area contributed by atoms with Gasteiger partial charge in [-0.15, -0.1) is 13.2 Å². The maximum atomic E-state index is 13.3. The van der Waals surface area contributed by atoms with Crippen LogP contribution in [0.4, 0.5) is 18.9 Å². The third-order valence-corrected chi connectivity index (χ3v) is 6.48. The number of carbonyl (C=O) groups is 2. The lowest BCUT2D eigenvalue weighted by molar-refractivity contribution is -0.274. The van der Waals surface area contributed by atoms with Crippen molar-refractivity contribution in [2.24, 2.45) is 0 Å². The third-order valence-electron chi connectivity index (χ3n) is 6.48. The average molecular weight is 561 g/mol. The number of pyridine rings is 1. The van der Waals surface area contributed by atoms with Gasteiger partial charge in [-0.25, -0.2) is 0 Å². The molecule has 1 fully saturated rings. The molecule has 1 aliphatic rings. The minimum absolute atomic E-state index is 0.135. The Morgan fingerprint density at radius 1 is 0.976 bits per heavy atom. The minimum atomic E-state index is -4.89. The summed E-state index contributed by atoms with van der Waals surface area (Å²) in [6.45, 7) is 2.13. The van der Waals surface area contributed by atoms with Crippen LogP contribution in [0.3, 0.4) is 0 Å². The molecule has 0 radical (unpaired) electrons. The lowest BCUT2D eigenvalue weighted by Gasteiger charge is -2.25. The van der Waals surface area contributed by atoms with E-state index in [1.54, 1.807) is 37.3 Å². The van der Waals surface area contributed by atoms with Gasteiger partial charge in [-0.3, -0.25) is 19.5 Å². The summed E-state index contributed by atoms with van der Waals surface area (Å²) in [6.07, 6.45) is -1.93. The standard InChI is InChI=1S/C31H23F3N2O5/c1-19-16-21(9-14-25(19)40-18-20-6-3-2-4-7-20)28(37)26-27(22-8-5-15-35-17-22)36(30(39)29(26)38)23-10-12-24(13-11-23)41-31(32,33)34/h2-17,27,37H,18H2,1H3/b28-26-. The zero-order valence-electron chi connectivity index (χ0n) is 21.6. The van der Waals surface area contributed by atoms with Crippen LogP contribution in [0.1, 0.15) is 28.3 Å². The summed E-state index contributed by atoms with van der Waals surface area (Å²) < 4.78 is 47.7. The van der Waals surface area contributed by atoms with Crippen LogP contribution in [0.25, 0.3) is 5.76 Å². The number of nitrogens with zero attached hydrogens (tertiary/aromatic N) is 2. The van der Waals surface area contributed by atoms with E-state index in [1.807, 2.05) is 30.3 Å². The molecule has 1 atom stereocenters. The summed E-state index contributed by atoms with van der Waals surface area (Å²) in [4.78, 5) is 31.8. The highest BCUT2D eigenvalue weighted by molar-refractivity contribution is 6.51. The van der Waals surface area contributed by atoms with Gasteiger partial charge in [0.2, 0.25) is 0 Å². The van der Waals surface area contributed by atoms with Gasteiger partial charge >= 0.3 is 6.36 Å². The van der Waals surface area contributed by atoms with Gasteiger partial charge in [0, 0.05) is 23.6 Å². The zero-order chi connectivity index (χ0) is 29.1. The molecule has 1 N–H and O–H groups in total. The van der Waals surface area contributed by atoms with Gasteiger partial charge in [-0.1, -0.05) is 36.4 Å². The molecule has 1 amide bonds. The summed E-state index contributed by atoms with van der Waals surface area (Å²) in [5, 5.41) is 11.4. The zero-order valence-corrected chi connectivity index (χ0v) is 21.6. The Morgan fingerprint density at radius 2 is 1.71 bits per heavy atom. The number of aliphatic hydroxyl groups excluding tert-OH is 1. The predicted molar refractivity (Wildman–Crippen MR) is 144 cm³/mol. The van der Waals surface area contributed by atoms with Gasteiger partial charge in [0.05, 0.1) is 11.6 Å². The molecule has 1 unspecified atom stereocenters. The first kappa shape index (κ1) is 27.4. The fraction of sp³-hybridized carbons (Fsp3) is 0.129. The molecule has 208 valence electrons. The largest absolute Gasteiger partial charge is 0.573 e. The number of anilines is 1. The molecule has 3 aromatic carbocycles. The molecule has 7 nitrogen and oxygen atoms in total. The van der Waals surface area contributed by atoms with E-state index in [4.69, 9.17) is 4.74 Å². The van der Waals surface area contributed by atoms with Crippen LogP contribution in [0.5, 0.6) is 11.5 Å². The van der Waals surface area contributed by atoms with Crippen molar-refractivity contribution in [1.29, 1.82) is 0 Å². The van der Waals surface area contributed by atoms with Crippen LogP contribution < -0.4 is 14.4 Å². The van der Waals surface area contributed by atoms with E-state index < -0.39 is 35.6 Å². The highest BCUT2D eigenvalue weighted by Crippen LogP contribution is 2.42. The van der Waals surface area contributed by atoms with E-state index in [0.717, 1.165) is 22.6 Å². The Kier molecular flexibility index (Phi) is 7.47. The van der Waals surface area contributed by atoms with Crippen molar-refractivity contribution in [2.45, 2.75) is 25.9 Å². The highest BCUT2D eigenvalue weighted by Gasteiger charge is 2.47. The molecule has 10 heteroatoms. The molecule has 1 aromatic heterocycles. The number of hydrogen-bond acceptors (Lipinski definition) is 6. The summed E-state index contributed by atoms with van der Waals surface area (Å²) >= 11 is 0. The molecule has 41 heavy (non-hydrogen) atoms. The number of rotatable bonds is 7. The van der Waals surface area contributed by atoms with Crippen LogP contribution in [-0.4, -0.2) is 28.1 Å². The molecular formula is C31H23F3N2O5. The first-order valence-electron chi connectivity index (χ1n) is 12.5. The lowest BCUT2D eigenvalue weighted by atomic mass is 9.95. The summed E-state index contributed by atoms with van der Waals surface area (Å²) in [6, 6.07) is 21.2. The minimum Gasteiger partial charge on any atom is -0.507 e. The number of aryl methyl sites for hydroxylation is 1. The van der Waals surface area contributed by atoms with E-state index in [-0.39, 0.29) is 16.8 Å². The van der Waals surface area contributed by atoms with E-state index in [0.29, 0.717) is 23.5 Å². The number of halogens is 3. The molecule has 0 spiro atoms. The van der Waals surface area contributed by atoms with Crippen LogP contribution in [0, 0.1) is 6.92 Å². The number of amides is 1. The fourth-order valence-corrected chi connectivity index (χ4v) is 4.61. The summed E-state index contributed by atoms with van der Waals surface area (Å²) in [5.41, 5.74) is 2.33. The maximum Gasteiger partial charge on any atom is 0.573 e. The van der Waals surface area contributed by atoms with Gasteiger partial charge < -0.3 is 14.6 Å². The topological polar surface area (TPSA) is 89.0 Å². The van der Waals surface area contributed by atoms with Crippen molar-refractivity contribution < 1.29 is 37.3 Å². The SMILES string of the molecule is Cc1cc(/C(O)=C2/C(=O)C(=O)N(c3ccc(OC(F)(F)F)cc3)C2c2cccnc2)ccc1OCc1ccccc1. The normalized spacial score (nSPS) is 16.6. The van der Waals surface area contributed by atoms with Gasteiger partial charge in [0.25, 0.3) is 11.7 Å². The maximum absolute atomic E-state index is 13.3.